The Morgan fingerprint density at radius 3 is 2.81 bits per heavy atom. The van der Waals surface area contributed by atoms with E-state index in [2.05, 4.69) is 20.9 Å². The molecule has 0 atom stereocenters. The fourth-order valence-corrected chi connectivity index (χ4v) is 2.36. The minimum absolute atomic E-state index is 0.277. The summed E-state index contributed by atoms with van der Waals surface area (Å²) in [4.78, 5) is 5.28. The highest BCUT2D eigenvalue weighted by Crippen LogP contribution is 2.29. The van der Waals surface area contributed by atoms with Gasteiger partial charge in [0.15, 0.2) is 0 Å². The number of pyridine rings is 1. The van der Waals surface area contributed by atoms with Crippen LogP contribution in [0.25, 0.3) is 0 Å². The lowest BCUT2D eigenvalue weighted by molar-refractivity contribution is 0.474. The van der Waals surface area contributed by atoms with Crippen molar-refractivity contribution in [2.75, 3.05) is 0 Å². The van der Waals surface area contributed by atoms with Gasteiger partial charge in [-0.1, -0.05) is 17.8 Å². The third kappa shape index (κ3) is 2.77. The van der Waals surface area contributed by atoms with E-state index in [9.17, 15) is 5.11 Å². The molecule has 0 radical (unpaired) electrons. The van der Waals surface area contributed by atoms with Crippen LogP contribution in [0.3, 0.4) is 0 Å². The molecule has 1 heterocycles. The first kappa shape index (κ1) is 11.5. The van der Waals surface area contributed by atoms with Gasteiger partial charge in [0.1, 0.15) is 10.8 Å². The quantitative estimate of drug-likeness (QED) is 0.909. The third-order valence-corrected chi connectivity index (χ3v) is 3.81. The first-order valence-corrected chi connectivity index (χ1v) is 6.35. The van der Waals surface area contributed by atoms with E-state index in [1.807, 2.05) is 25.1 Å². The van der Waals surface area contributed by atoms with Crippen LogP contribution >= 0.6 is 27.7 Å². The highest BCUT2D eigenvalue weighted by molar-refractivity contribution is 9.10. The summed E-state index contributed by atoms with van der Waals surface area (Å²) in [6, 6.07) is 9.17. The molecule has 1 N–H and O–H groups in total. The fraction of sp³-hybridized carbons (Fsp3) is 0.0833. The second kappa shape index (κ2) is 4.89. The summed E-state index contributed by atoms with van der Waals surface area (Å²) in [5.74, 6) is 0.277. The molecule has 2 nitrogen and oxygen atoms in total. The standard InChI is InChI=1S/C12H10BrNOS/c1-8-5-12(14-7-11(8)13)16-10-4-2-3-9(15)6-10/h2-7,15H,1H3. The number of nitrogens with zero attached hydrogens (tertiary/aromatic N) is 1. The molecule has 0 aliphatic rings. The van der Waals surface area contributed by atoms with Crippen LogP contribution < -0.4 is 0 Å². The number of benzene rings is 1. The molecule has 0 aliphatic heterocycles. The number of halogens is 1. The van der Waals surface area contributed by atoms with Gasteiger partial charge in [-0.25, -0.2) is 4.98 Å². The van der Waals surface area contributed by atoms with Gasteiger partial charge in [-0.3, -0.25) is 0 Å². The maximum atomic E-state index is 9.35. The van der Waals surface area contributed by atoms with Crippen molar-refractivity contribution < 1.29 is 5.11 Å². The average Bonchev–Trinajstić information content (AvgIpc) is 2.24. The Hall–Kier alpha value is -1.00. The predicted molar refractivity (Wildman–Crippen MR) is 68.9 cm³/mol. The van der Waals surface area contributed by atoms with Gasteiger partial charge < -0.3 is 5.11 Å². The molecule has 0 aliphatic carbocycles. The molecule has 2 rings (SSSR count). The number of aromatic nitrogens is 1. The summed E-state index contributed by atoms with van der Waals surface area (Å²) in [5.41, 5.74) is 1.15. The van der Waals surface area contributed by atoms with Crippen LogP contribution in [0.4, 0.5) is 0 Å². The van der Waals surface area contributed by atoms with Gasteiger partial charge in [0, 0.05) is 15.6 Å². The summed E-state index contributed by atoms with van der Waals surface area (Å²) in [6.07, 6.45) is 1.79. The Balaban J connectivity index is 2.24. The molecule has 82 valence electrons. The minimum Gasteiger partial charge on any atom is -0.508 e. The van der Waals surface area contributed by atoms with E-state index in [0.29, 0.717) is 0 Å². The second-order valence-electron chi connectivity index (χ2n) is 3.37. The topological polar surface area (TPSA) is 33.1 Å². The summed E-state index contributed by atoms with van der Waals surface area (Å²) >= 11 is 4.95. The van der Waals surface area contributed by atoms with Crippen molar-refractivity contribution >= 4 is 27.7 Å². The highest BCUT2D eigenvalue weighted by atomic mass is 79.9. The average molecular weight is 296 g/mol. The van der Waals surface area contributed by atoms with Crippen LogP contribution in [-0.2, 0) is 0 Å². The molecule has 1 aromatic carbocycles. The maximum Gasteiger partial charge on any atom is 0.116 e. The van der Waals surface area contributed by atoms with Crippen LogP contribution in [0.2, 0.25) is 0 Å². The second-order valence-corrected chi connectivity index (χ2v) is 5.32. The van der Waals surface area contributed by atoms with Crippen molar-refractivity contribution in [3.05, 3.63) is 46.6 Å². The zero-order valence-electron chi connectivity index (χ0n) is 8.64. The Morgan fingerprint density at radius 2 is 2.12 bits per heavy atom. The van der Waals surface area contributed by atoms with Gasteiger partial charge in [-0.15, -0.1) is 0 Å². The fourth-order valence-electron chi connectivity index (χ4n) is 1.24. The number of phenols is 1. The third-order valence-electron chi connectivity index (χ3n) is 2.06. The van der Waals surface area contributed by atoms with Crippen molar-refractivity contribution in [3.63, 3.8) is 0 Å². The lowest BCUT2D eigenvalue weighted by atomic mass is 10.3. The molecule has 2 aromatic rings. The van der Waals surface area contributed by atoms with Gasteiger partial charge in [-0.2, -0.15) is 0 Å². The molecule has 0 saturated carbocycles. The van der Waals surface area contributed by atoms with Gasteiger partial charge in [0.05, 0.1) is 0 Å². The maximum absolute atomic E-state index is 9.35. The lowest BCUT2D eigenvalue weighted by Crippen LogP contribution is -1.83. The largest absolute Gasteiger partial charge is 0.508 e. The van der Waals surface area contributed by atoms with Crippen molar-refractivity contribution in [1.82, 2.24) is 4.98 Å². The minimum atomic E-state index is 0.277. The Kier molecular flexibility index (Phi) is 3.51. The van der Waals surface area contributed by atoms with Crippen LogP contribution in [0, 0.1) is 6.92 Å². The van der Waals surface area contributed by atoms with Crippen molar-refractivity contribution in [3.8, 4) is 5.75 Å². The number of hydrogen-bond donors (Lipinski definition) is 1. The molecule has 0 saturated heterocycles. The molecule has 0 unspecified atom stereocenters. The van der Waals surface area contributed by atoms with E-state index in [-0.39, 0.29) is 5.75 Å². The normalized spacial score (nSPS) is 10.4. The summed E-state index contributed by atoms with van der Waals surface area (Å²) < 4.78 is 1.01. The number of aryl methyl sites for hydroxylation is 1. The summed E-state index contributed by atoms with van der Waals surface area (Å²) in [7, 11) is 0. The van der Waals surface area contributed by atoms with Crippen LogP contribution in [0.1, 0.15) is 5.56 Å². The van der Waals surface area contributed by atoms with E-state index in [0.717, 1.165) is 20.0 Å². The first-order valence-electron chi connectivity index (χ1n) is 4.74. The number of rotatable bonds is 2. The molecule has 0 spiro atoms. The van der Waals surface area contributed by atoms with Gasteiger partial charge in [0.2, 0.25) is 0 Å². The smallest absolute Gasteiger partial charge is 0.116 e. The SMILES string of the molecule is Cc1cc(Sc2cccc(O)c2)ncc1Br. The summed E-state index contributed by atoms with van der Waals surface area (Å²) in [6.45, 7) is 2.03. The molecule has 16 heavy (non-hydrogen) atoms. The van der Waals surface area contributed by atoms with Gasteiger partial charge in [0.25, 0.3) is 0 Å². The van der Waals surface area contributed by atoms with E-state index < -0.39 is 0 Å². The van der Waals surface area contributed by atoms with E-state index in [1.54, 1.807) is 18.3 Å². The van der Waals surface area contributed by atoms with E-state index in [4.69, 9.17) is 0 Å². The lowest BCUT2D eigenvalue weighted by Gasteiger charge is -2.03. The van der Waals surface area contributed by atoms with Crippen molar-refractivity contribution in [2.24, 2.45) is 0 Å². The highest BCUT2D eigenvalue weighted by Gasteiger charge is 2.02. The Morgan fingerprint density at radius 1 is 1.31 bits per heavy atom. The number of hydrogen-bond acceptors (Lipinski definition) is 3. The Labute approximate surface area is 107 Å². The van der Waals surface area contributed by atoms with Crippen molar-refractivity contribution in [1.29, 1.82) is 0 Å². The molecular formula is C12H10BrNOS. The molecule has 1 aromatic heterocycles. The Bertz CT molecular complexity index is 516. The number of phenolic OH excluding ortho intramolecular Hbond substituents is 1. The molecule has 4 heteroatoms. The zero-order chi connectivity index (χ0) is 11.5. The van der Waals surface area contributed by atoms with E-state index >= 15 is 0 Å². The van der Waals surface area contributed by atoms with Crippen LogP contribution in [0.15, 0.2) is 50.9 Å². The summed E-state index contributed by atoms with van der Waals surface area (Å²) in [5, 5.41) is 10.3. The molecule has 0 fully saturated rings. The van der Waals surface area contributed by atoms with Gasteiger partial charge in [-0.05, 0) is 52.7 Å². The van der Waals surface area contributed by atoms with Crippen LogP contribution in [-0.4, -0.2) is 10.1 Å². The molecular weight excluding hydrogens is 286 g/mol. The zero-order valence-corrected chi connectivity index (χ0v) is 11.0. The monoisotopic (exact) mass is 295 g/mol. The van der Waals surface area contributed by atoms with Crippen molar-refractivity contribution in [2.45, 2.75) is 16.8 Å². The van der Waals surface area contributed by atoms with Crippen LogP contribution in [0.5, 0.6) is 5.75 Å². The van der Waals surface area contributed by atoms with Gasteiger partial charge >= 0.3 is 0 Å². The van der Waals surface area contributed by atoms with E-state index in [1.165, 1.54) is 11.8 Å². The molecule has 0 amide bonds. The predicted octanol–water partition coefficient (Wildman–Crippen LogP) is 4.01. The molecule has 0 bridgehead atoms. The number of aromatic hydroxyl groups is 1. The first-order chi connectivity index (χ1) is 7.65.